The Morgan fingerprint density at radius 2 is 1.67 bits per heavy atom. The van der Waals surface area contributed by atoms with Gasteiger partial charge >= 0.3 is 0 Å². The summed E-state index contributed by atoms with van der Waals surface area (Å²) in [5, 5.41) is 4.57. The Hall–Kier alpha value is -2.71. The zero-order valence-electron chi connectivity index (χ0n) is 19.0. The van der Waals surface area contributed by atoms with Crippen LogP contribution < -0.4 is 0 Å². The minimum Gasteiger partial charge on any atom is -0.339 e. The molecule has 0 spiro atoms. The van der Waals surface area contributed by atoms with E-state index in [9.17, 15) is 13.2 Å². The van der Waals surface area contributed by atoms with Crippen molar-refractivity contribution < 1.29 is 13.2 Å². The molecule has 2 fully saturated rings. The molecule has 0 saturated carbocycles. The molecule has 1 aromatic carbocycles. The van der Waals surface area contributed by atoms with E-state index in [0.29, 0.717) is 23.5 Å². The molecule has 1 amide bonds. The fourth-order valence-electron chi connectivity index (χ4n) is 5.12. The van der Waals surface area contributed by atoms with Crippen molar-refractivity contribution in [2.75, 3.05) is 26.2 Å². The predicted molar refractivity (Wildman–Crippen MR) is 127 cm³/mol. The third-order valence-electron chi connectivity index (χ3n) is 7.00. The van der Waals surface area contributed by atoms with Crippen molar-refractivity contribution >= 4 is 21.4 Å². The molecule has 0 aliphatic carbocycles. The van der Waals surface area contributed by atoms with Crippen molar-refractivity contribution in [3.63, 3.8) is 0 Å². The number of aromatic nitrogens is 2. The first-order valence-electron chi connectivity index (χ1n) is 11.8. The van der Waals surface area contributed by atoms with Crippen LogP contribution in [0.3, 0.4) is 0 Å². The number of aryl methyl sites for hydroxylation is 1. The molecule has 8 heteroatoms. The summed E-state index contributed by atoms with van der Waals surface area (Å²) >= 11 is 0. The number of hydrogen-bond donors (Lipinski definition) is 0. The summed E-state index contributed by atoms with van der Waals surface area (Å²) in [4.78, 5) is 15.6. The summed E-state index contributed by atoms with van der Waals surface area (Å²) in [6.45, 7) is 4.50. The van der Waals surface area contributed by atoms with Crippen LogP contribution in [0.1, 0.15) is 59.6 Å². The van der Waals surface area contributed by atoms with Gasteiger partial charge in [0.2, 0.25) is 10.0 Å². The SMILES string of the molecule is Cc1nn2ccc(C3CCN(S(=O)(=O)c4ccccc4)CC3)cc2c1C(=O)N1CCCCC1. The van der Waals surface area contributed by atoms with Crippen LogP contribution in [-0.4, -0.2) is 59.3 Å². The number of nitrogens with zero attached hydrogens (tertiary/aromatic N) is 4. The number of benzene rings is 1. The van der Waals surface area contributed by atoms with Gasteiger partial charge in [-0.2, -0.15) is 9.40 Å². The van der Waals surface area contributed by atoms with Crippen LogP contribution in [0.15, 0.2) is 53.6 Å². The lowest BCUT2D eigenvalue weighted by Gasteiger charge is -2.31. The van der Waals surface area contributed by atoms with Gasteiger partial charge in [0, 0.05) is 32.4 Å². The number of hydrogen-bond acceptors (Lipinski definition) is 4. The van der Waals surface area contributed by atoms with Gasteiger partial charge in [-0.05, 0) is 74.8 Å². The number of fused-ring (bicyclic) bond motifs is 1. The normalized spacial score (nSPS) is 18.6. The van der Waals surface area contributed by atoms with Crippen LogP contribution >= 0.6 is 0 Å². The van der Waals surface area contributed by atoms with E-state index >= 15 is 0 Å². The fraction of sp³-hybridized carbons (Fsp3) is 0.440. The number of amides is 1. The molecule has 174 valence electrons. The number of carbonyl (C=O) groups excluding carboxylic acids is 1. The van der Waals surface area contributed by atoms with E-state index in [1.807, 2.05) is 24.1 Å². The van der Waals surface area contributed by atoms with Gasteiger partial charge in [-0.3, -0.25) is 4.79 Å². The lowest BCUT2D eigenvalue weighted by atomic mass is 9.90. The lowest BCUT2D eigenvalue weighted by molar-refractivity contribution is 0.0725. The Balaban J connectivity index is 1.36. The first kappa shape index (κ1) is 22.1. The zero-order valence-corrected chi connectivity index (χ0v) is 19.8. The monoisotopic (exact) mass is 466 g/mol. The number of likely N-dealkylation sites (tertiary alicyclic amines) is 1. The van der Waals surface area contributed by atoms with Gasteiger partial charge in [0.15, 0.2) is 0 Å². The molecule has 3 aromatic rings. The molecule has 0 radical (unpaired) electrons. The highest BCUT2D eigenvalue weighted by Gasteiger charge is 2.30. The first-order valence-corrected chi connectivity index (χ1v) is 13.2. The van der Waals surface area contributed by atoms with Crippen LogP contribution in [0.2, 0.25) is 0 Å². The number of piperidine rings is 2. The van der Waals surface area contributed by atoms with E-state index in [1.165, 1.54) is 6.42 Å². The maximum atomic E-state index is 13.3. The smallest absolute Gasteiger partial charge is 0.257 e. The second-order valence-corrected chi connectivity index (χ2v) is 11.0. The number of carbonyl (C=O) groups is 1. The van der Waals surface area contributed by atoms with Crippen molar-refractivity contribution in [3.8, 4) is 0 Å². The quantitative estimate of drug-likeness (QED) is 0.586. The molecule has 0 unspecified atom stereocenters. The van der Waals surface area contributed by atoms with Gasteiger partial charge in [0.25, 0.3) is 5.91 Å². The van der Waals surface area contributed by atoms with E-state index in [1.54, 1.807) is 33.1 Å². The summed E-state index contributed by atoms with van der Waals surface area (Å²) in [6.07, 6.45) is 6.73. The maximum Gasteiger partial charge on any atom is 0.257 e. The van der Waals surface area contributed by atoms with E-state index in [0.717, 1.165) is 55.5 Å². The Bertz CT molecular complexity index is 1260. The van der Waals surface area contributed by atoms with E-state index in [-0.39, 0.29) is 11.8 Å². The summed E-state index contributed by atoms with van der Waals surface area (Å²) < 4.78 is 29.3. The van der Waals surface area contributed by atoms with Gasteiger partial charge < -0.3 is 4.90 Å². The molecule has 0 atom stereocenters. The highest BCUT2D eigenvalue weighted by molar-refractivity contribution is 7.89. The molecule has 33 heavy (non-hydrogen) atoms. The summed E-state index contributed by atoms with van der Waals surface area (Å²) in [7, 11) is -3.46. The molecule has 5 rings (SSSR count). The Morgan fingerprint density at radius 1 is 0.970 bits per heavy atom. The van der Waals surface area contributed by atoms with Gasteiger partial charge in [-0.15, -0.1) is 0 Å². The van der Waals surface area contributed by atoms with Crippen molar-refractivity contribution in [1.29, 1.82) is 0 Å². The van der Waals surface area contributed by atoms with Crippen LogP contribution in [0, 0.1) is 6.92 Å². The van der Waals surface area contributed by atoms with Gasteiger partial charge in [0.05, 0.1) is 21.7 Å². The topological polar surface area (TPSA) is 75.0 Å². The van der Waals surface area contributed by atoms with E-state index in [2.05, 4.69) is 17.2 Å². The van der Waals surface area contributed by atoms with Gasteiger partial charge in [0.1, 0.15) is 0 Å². The second kappa shape index (κ2) is 8.91. The summed E-state index contributed by atoms with van der Waals surface area (Å²) in [5.41, 5.74) is 3.45. The Kier molecular flexibility index (Phi) is 5.97. The standard InChI is InChI=1S/C25H30N4O3S/c1-19-24(25(30)27-13-6-3-7-14-27)23-18-21(12-17-29(23)26-19)20-10-15-28(16-11-20)33(31,32)22-8-4-2-5-9-22/h2,4-5,8-9,12,17-18,20H,3,6-7,10-11,13-16H2,1H3. The molecule has 7 nitrogen and oxygen atoms in total. The van der Waals surface area contributed by atoms with Crippen LogP contribution in [0.25, 0.3) is 5.52 Å². The number of rotatable bonds is 4. The molecular weight excluding hydrogens is 436 g/mol. The number of pyridine rings is 1. The fourth-order valence-corrected chi connectivity index (χ4v) is 6.62. The molecule has 2 aliphatic rings. The Labute approximate surface area is 195 Å². The van der Waals surface area contributed by atoms with Crippen LogP contribution in [-0.2, 0) is 10.0 Å². The lowest BCUT2D eigenvalue weighted by Crippen LogP contribution is -2.37. The van der Waals surface area contributed by atoms with Crippen molar-refractivity contribution in [3.05, 3.63) is 65.5 Å². The highest BCUT2D eigenvalue weighted by atomic mass is 32.2. The zero-order chi connectivity index (χ0) is 23.0. The molecule has 2 aliphatic heterocycles. The van der Waals surface area contributed by atoms with Crippen molar-refractivity contribution in [2.24, 2.45) is 0 Å². The minimum absolute atomic E-state index is 0.0723. The van der Waals surface area contributed by atoms with Crippen molar-refractivity contribution in [1.82, 2.24) is 18.8 Å². The molecule has 2 saturated heterocycles. The highest BCUT2D eigenvalue weighted by Crippen LogP contribution is 2.32. The molecule has 0 N–H and O–H groups in total. The first-order chi connectivity index (χ1) is 15.9. The number of sulfonamides is 1. The van der Waals surface area contributed by atoms with Gasteiger partial charge in [-0.25, -0.2) is 12.9 Å². The average molecular weight is 467 g/mol. The van der Waals surface area contributed by atoms with Gasteiger partial charge in [-0.1, -0.05) is 18.2 Å². The molecular formula is C25H30N4O3S. The minimum atomic E-state index is -3.46. The molecule has 2 aromatic heterocycles. The van der Waals surface area contributed by atoms with Crippen LogP contribution in [0.4, 0.5) is 0 Å². The predicted octanol–water partition coefficient (Wildman–Crippen LogP) is 3.84. The summed E-state index contributed by atoms with van der Waals surface area (Å²) in [6, 6.07) is 12.8. The van der Waals surface area contributed by atoms with E-state index in [4.69, 9.17) is 0 Å². The van der Waals surface area contributed by atoms with Crippen molar-refractivity contribution in [2.45, 2.75) is 49.8 Å². The third-order valence-corrected chi connectivity index (χ3v) is 8.91. The Morgan fingerprint density at radius 3 is 2.36 bits per heavy atom. The summed E-state index contributed by atoms with van der Waals surface area (Å²) in [5.74, 6) is 0.327. The largest absolute Gasteiger partial charge is 0.339 e. The maximum absolute atomic E-state index is 13.3. The van der Waals surface area contributed by atoms with E-state index < -0.39 is 10.0 Å². The molecule has 4 heterocycles. The third kappa shape index (κ3) is 4.17. The second-order valence-electron chi connectivity index (χ2n) is 9.09. The average Bonchev–Trinajstić information content (AvgIpc) is 3.19. The van der Waals surface area contributed by atoms with Crippen LogP contribution in [0.5, 0.6) is 0 Å². The molecule has 0 bridgehead atoms.